The lowest BCUT2D eigenvalue weighted by Gasteiger charge is -2.31. The first kappa shape index (κ1) is 16.0. The van der Waals surface area contributed by atoms with Crippen molar-refractivity contribution in [3.05, 3.63) is 29.8 Å². The maximum absolute atomic E-state index is 5.69. The maximum atomic E-state index is 5.69. The van der Waals surface area contributed by atoms with E-state index in [4.69, 9.17) is 4.74 Å². The van der Waals surface area contributed by atoms with Gasteiger partial charge in [-0.2, -0.15) is 0 Å². The van der Waals surface area contributed by atoms with Gasteiger partial charge in [-0.1, -0.05) is 45.9 Å². The Bertz CT molecular complexity index is 368. The summed E-state index contributed by atoms with van der Waals surface area (Å²) in [6.45, 7) is 12.9. The van der Waals surface area contributed by atoms with E-state index in [0.29, 0.717) is 6.04 Å². The van der Waals surface area contributed by atoms with E-state index in [1.807, 2.05) is 13.0 Å². The van der Waals surface area contributed by atoms with E-state index in [9.17, 15) is 0 Å². The van der Waals surface area contributed by atoms with Gasteiger partial charge in [0.1, 0.15) is 5.75 Å². The topological polar surface area (TPSA) is 21.3 Å². The molecule has 1 N–H and O–H groups in total. The smallest absolute Gasteiger partial charge is 0.122 e. The monoisotopic (exact) mass is 263 g/mol. The Hall–Kier alpha value is -1.02. The standard InChI is InChI=1S/C17H29NO/c1-6-18-16(17(3,4)5)13-12-14-10-8-9-11-15(14)19-7-2/h8-11,16,18H,6-7,12-13H2,1-5H3. The van der Waals surface area contributed by atoms with Crippen LogP contribution in [0.2, 0.25) is 0 Å². The van der Waals surface area contributed by atoms with Gasteiger partial charge in [-0.05, 0) is 43.4 Å². The molecule has 0 bridgehead atoms. The largest absolute Gasteiger partial charge is 0.494 e. The quantitative estimate of drug-likeness (QED) is 0.801. The molecule has 108 valence electrons. The van der Waals surface area contributed by atoms with E-state index in [0.717, 1.165) is 31.7 Å². The Labute approximate surface area is 118 Å². The first-order chi connectivity index (χ1) is 8.99. The number of para-hydroxylation sites is 1. The van der Waals surface area contributed by atoms with Crippen LogP contribution in [0.3, 0.4) is 0 Å². The fourth-order valence-electron chi connectivity index (χ4n) is 2.39. The fraction of sp³-hybridized carbons (Fsp3) is 0.647. The van der Waals surface area contributed by atoms with Gasteiger partial charge in [0.25, 0.3) is 0 Å². The van der Waals surface area contributed by atoms with E-state index in [1.165, 1.54) is 5.56 Å². The highest BCUT2D eigenvalue weighted by atomic mass is 16.5. The third-order valence-corrected chi connectivity index (χ3v) is 3.47. The van der Waals surface area contributed by atoms with Crippen LogP contribution in [0.5, 0.6) is 5.75 Å². The third kappa shape index (κ3) is 5.23. The zero-order valence-electron chi connectivity index (χ0n) is 13.1. The van der Waals surface area contributed by atoms with Crippen LogP contribution in [-0.2, 0) is 6.42 Å². The molecule has 0 saturated carbocycles. The summed E-state index contributed by atoms with van der Waals surface area (Å²) in [5.74, 6) is 1.04. The van der Waals surface area contributed by atoms with Crippen LogP contribution in [0.4, 0.5) is 0 Å². The van der Waals surface area contributed by atoms with Crippen molar-refractivity contribution in [3.63, 3.8) is 0 Å². The van der Waals surface area contributed by atoms with E-state index < -0.39 is 0 Å². The maximum Gasteiger partial charge on any atom is 0.122 e. The molecule has 0 fully saturated rings. The fourth-order valence-corrected chi connectivity index (χ4v) is 2.39. The van der Waals surface area contributed by atoms with Crippen LogP contribution < -0.4 is 10.1 Å². The summed E-state index contributed by atoms with van der Waals surface area (Å²) in [7, 11) is 0. The number of aryl methyl sites for hydroxylation is 1. The summed E-state index contributed by atoms with van der Waals surface area (Å²) >= 11 is 0. The summed E-state index contributed by atoms with van der Waals surface area (Å²) in [4.78, 5) is 0. The van der Waals surface area contributed by atoms with Crippen LogP contribution in [0.1, 0.15) is 46.6 Å². The Kier molecular flexibility index (Phi) is 6.36. The number of benzene rings is 1. The summed E-state index contributed by atoms with van der Waals surface area (Å²) in [6.07, 6.45) is 2.20. The lowest BCUT2D eigenvalue weighted by Crippen LogP contribution is -2.40. The van der Waals surface area contributed by atoms with Gasteiger partial charge in [-0.15, -0.1) is 0 Å². The molecule has 1 aromatic carbocycles. The molecular weight excluding hydrogens is 234 g/mol. The van der Waals surface area contributed by atoms with Crippen LogP contribution in [-0.4, -0.2) is 19.2 Å². The molecule has 1 rings (SSSR count). The minimum Gasteiger partial charge on any atom is -0.494 e. The number of rotatable bonds is 7. The number of hydrogen-bond acceptors (Lipinski definition) is 2. The van der Waals surface area contributed by atoms with Gasteiger partial charge in [-0.3, -0.25) is 0 Å². The molecule has 1 unspecified atom stereocenters. The van der Waals surface area contributed by atoms with Crippen molar-refractivity contribution in [1.29, 1.82) is 0 Å². The molecule has 1 atom stereocenters. The summed E-state index contributed by atoms with van der Waals surface area (Å²) < 4.78 is 5.69. The number of ether oxygens (including phenoxy) is 1. The van der Waals surface area contributed by atoms with E-state index >= 15 is 0 Å². The zero-order valence-corrected chi connectivity index (χ0v) is 13.1. The van der Waals surface area contributed by atoms with Gasteiger partial charge in [0.15, 0.2) is 0 Å². The summed E-state index contributed by atoms with van der Waals surface area (Å²) in [5.41, 5.74) is 1.60. The van der Waals surface area contributed by atoms with Crippen molar-refractivity contribution in [2.75, 3.05) is 13.2 Å². The highest BCUT2D eigenvalue weighted by molar-refractivity contribution is 5.33. The molecule has 0 heterocycles. The van der Waals surface area contributed by atoms with Gasteiger partial charge in [0.2, 0.25) is 0 Å². The second-order valence-corrected chi connectivity index (χ2v) is 6.06. The van der Waals surface area contributed by atoms with Crippen LogP contribution >= 0.6 is 0 Å². The van der Waals surface area contributed by atoms with Crippen LogP contribution in [0.15, 0.2) is 24.3 Å². The van der Waals surface area contributed by atoms with Gasteiger partial charge in [0, 0.05) is 6.04 Å². The Morgan fingerprint density at radius 3 is 2.42 bits per heavy atom. The van der Waals surface area contributed by atoms with E-state index in [1.54, 1.807) is 0 Å². The van der Waals surface area contributed by atoms with E-state index in [-0.39, 0.29) is 5.41 Å². The average Bonchev–Trinajstić information content (AvgIpc) is 2.35. The molecule has 1 aromatic rings. The van der Waals surface area contributed by atoms with Crippen molar-refractivity contribution in [2.45, 2.75) is 53.5 Å². The van der Waals surface area contributed by atoms with Crippen molar-refractivity contribution in [2.24, 2.45) is 5.41 Å². The first-order valence-corrected chi connectivity index (χ1v) is 7.43. The Balaban J connectivity index is 2.68. The molecule has 2 heteroatoms. The Morgan fingerprint density at radius 2 is 1.84 bits per heavy atom. The van der Waals surface area contributed by atoms with Crippen molar-refractivity contribution in [3.8, 4) is 5.75 Å². The molecule has 2 nitrogen and oxygen atoms in total. The van der Waals surface area contributed by atoms with Gasteiger partial charge < -0.3 is 10.1 Å². The lowest BCUT2D eigenvalue weighted by molar-refractivity contribution is 0.257. The summed E-state index contributed by atoms with van der Waals surface area (Å²) in [6, 6.07) is 8.92. The second kappa shape index (κ2) is 7.54. The molecule has 19 heavy (non-hydrogen) atoms. The SMILES string of the molecule is CCNC(CCc1ccccc1OCC)C(C)(C)C. The van der Waals surface area contributed by atoms with Crippen LogP contribution in [0, 0.1) is 5.41 Å². The highest BCUT2D eigenvalue weighted by Crippen LogP contribution is 2.26. The summed E-state index contributed by atoms with van der Waals surface area (Å²) in [5, 5.41) is 3.60. The molecule has 0 amide bonds. The minimum atomic E-state index is 0.288. The van der Waals surface area contributed by atoms with Crippen LogP contribution in [0.25, 0.3) is 0 Å². The number of hydrogen-bond donors (Lipinski definition) is 1. The van der Waals surface area contributed by atoms with Gasteiger partial charge >= 0.3 is 0 Å². The molecule has 0 aliphatic carbocycles. The molecule has 0 aliphatic heterocycles. The molecular formula is C17H29NO. The normalized spacial score (nSPS) is 13.3. The lowest BCUT2D eigenvalue weighted by atomic mass is 9.83. The minimum absolute atomic E-state index is 0.288. The molecule has 0 saturated heterocycles. The Morgan fingerprint density at radius 1 is 1.16 bits per heavy atom. The molecule has 0 spiro atoms. The van der Waals surface area contributed by atoms with Crippen molar-refractivity contribution < 1.29 is 4.74 Å². The number of nitrogens with one attached hydrogen (secondary N) is 1. The van der Waals surface area contributed by atoms with Gasteiger partial charge in [0.05, 0.1) is 6.61 Å². The zero-order chi connectivity index (χ0) is 14.3. The average molecular weight is 263 g/mol. The predicted molar refractivity (Wildman–Crippen MR) is 82.9 cm³/mol. The molecule has 0 aromatic heterocycles. The second-order valence-electron chi connectivity index (χ2n) is 6.06. The highest BCUT2D eigenvalue weighted by Gasteiger charge is 2.23. The first-order valence-electron chi connectivity index (χ1n) is 7.43. The third-order valence-electron chi connectivity index (χ3n) is 3.47. The molecule has 0 radical (unpaired) electrons. The molecule has 0 aliphatic rings. The van der Waals surface area contributed by atoms with Crippen molar-refractivity contribution in [1.82, 2.24) is 5.32 Å². The predicted octanol–water partition coefficient (Wildman–Crippen LogP) is 4.04. The van der Waals surface area contributed by atoms with Gasteiger partial charge in [-0.25, -0.2) is 0 Å². The van der Waals surface area contributed by atoms with E-state index in [2.05, 4.69) is 51.2 Å². The van der Waals surface area contributed by atoms with Crippen molar-refractivity contribution >= 4 is 0 Å².